The average molecular weight is 241 g/mol. The number of rotatable bonds is 5. The van der Waals surface area contributed by atoms with Crippen molar-refractivity contribution in [2.75, 3.05) is 5.88 Å². The fourth-order valence-corrected chi connectivity index (χ4v) is 1.53. The quantitative estimate of drug-likeness (QED) is 0.464. The first-order valence-electron chi connectivity index (χ1n) is 4.47. The predicted octanol–water partition coefficient (Wildman–Crippen LogP) is 1.51. The van der Waals surface area contributed by atoms with Crippen molar-refractivity contribution in [2.45, 2.75) is 6.92 Å². The van der Waals surface area contributed by atoms with Crippen LogP contribution in [0.5, 0.6) is 5.75 Å². The third kappa shape index (κ3) is 3.82. The van der Waals surface area contributed by atoms with Crippen molar-refractivity contribution in [1.29, 1.82) is 0 Å². The molecular formula is C10H11NO4S. The Hall–Kier alpha value is -1.69. The summed E-state index contributed by atoms with van der Waals surface area (Å²) in [5, 5.41) is 11.4. The number of nitrogens with one attached hydrogen (secondary N) is 1. The van der Waals surface area contributed by atoms with Crippen LogP contribution in [0, 0.1) is 0 Å². The molecular weight excluding hydrogens is 230 g/mol. The fraction of sp³-hybridized carbons (Fsp3) is 0.200. The molecule has 0 aliphatic carbocycles. The molecule has 1 aromatic carbocycles. The average Bonchev–Trinajstić information content (AvgIpc) is 2.24. The largest absolute Gasteiger partial charge is 0.478 e. The second kappa shape index (κ2) is 6.02. The molecule has 0 fully saturated rings. The monoisotopic (exact) mass is 241 g/mol. The Kier molecular flexibility index (Phi) is 4.65. The lowest BCUT2D eigenvalue weighted by Gasteiger charge is -2.06. The molecule has 0 aliphatic rings. The molecule has 2 N–H and O–H groups in total. The Morgan fingerprint density at radius 1 is 1.44 bits per heavy atom. The number of carboxylic acids is 1. The lowest BCUT2D eigenvalue weighted by Crippen LogP contribution is -2.19. The van der Waals surface area contributed by atoms with Gasteiger partial charge in [0.2, 0.25) is 5.91 Å². The third-order valence-corrected chi connectivity index (χ3v) is 2.21. The second-order valence-electron chi connectivity index (χ2n) is 2.88. The van der Waals surface area contributed by atoms with Crippen molar-refractivity contribution in [3.05, 3.63) is 29.8 Å². The van der Waals surface area contributed by atoms with Gasteiger partial charge >= 0.3 is 5.97 Å². The Balaban J connectivity index is 2.53. The minimum Gasteiger partial charge on any atom is -0.478 e. The van der Waals surface area contributed by atoms with Gasteiger partial charge < -0.3 is 14.6 Å². The SMILES string of the molecule is CC(=O)NCSOc1ccccc1C(=O)O. The second-order valence-corrected chi connectivity index (χ2v) is 3.57. The standard InChI is InChI=1S/C10H11NO4S/c1-7(12)11-6-16-15-9-5-3-2-4-8(9)10(13)14/h2-5H,6H2,1H3,(H,11,12)(H,13,14). The fourth-order valence-electron chi connectivity index (χ4n) is 0.940. The van der Waals surface area contributed by atoms with Gasteiger partial charge in [-0.25, -0.2) is 4.79 Å². The van der Waals surface area contributed by atoms with Crippen LogP contribution < -0.4 is 9.50 Å². The zero-order valence-corrected chi connectivity index (χ0v) is 9.41. The van der Waals surface area contributed by atoms with Gasteiger partial charge in [0.15, 0.2) is 5.75 Å². The molecule has 0 radical (unpaired) electrons. The Morgan fingerprint density at radius 3 is 2.75 bits per heavy atom. The maximum Gasteiger partial charge on any atom is 0.339 e. The first-order chi connectivity index (χ1) is 7.61. The first-order valence-corrected chi connectivity index (χ1v) is 5.38. The number of para-hydroxylation sites is 1. The van der Waals surface area contributed by atoms with Crippen molar-refractivity contribution in [1.82, 2.24) is 5.32 Å². The first kappa shape index (κ1) is 12.4. The Labute approximate surface area is 97.0 Å². The van der Waals surface area contributed by atoms with E-state index in [9.17, 15) is 9.59 Å². The van der Waals surface area contributed by atoms with Gasteiger partial charge in [-0.3, -0.25) is 4.79 Å². The minimum atomic E-state index is -1.05. The van der Waals surface area contributed by atoms with E-state index in [1.165, 1.54) is 13.0 Å². The van der Waals surface area contributed by atoms with Gasteiger partial charge in [0.1, 0.15) is 11.4 Å². The molecule has 1 aromatic rings. The molecule has 5 nitrogen and oxygen atoms in total. The number of amides is 1. The van der Waals surface area contributed by atoms with Crippen molar-refractivity contribution in [2.24, 2.45) is 0 Å². The number of benzene rings is 1. The third-order valence-electron chi connectivity index (χ3n) is 1.65. The van der Waals surface area contributed by atoms with Gasteiger partial charge in [-0.1, -0.05) is 12.1 Å². The highest BCUT2D eigenvalue weighted by atomic mass is 32.2. The van der Waals surface area contributed by atoms with Gasteiger partial charge in [-0.2, -0.15) is 0 Å². The smallest absolute Gasteiger partial charge is 0.339 e. The number of carbonyl (C=O) groups excluding carboxylic acids is 1. The van der Waals surface area contributed by atoms with Crippen LogP contribution in [0.3, 0.4) is 0 Å². The van der Waals surface area contributed by atoms with E-state index < -0.39 is 5.97 Å². The maximum absolute atomic E-state index is 10.8. The summed E-state index contributed by atoms with van der Waals surface area (Å²) in [6.07, 6.45) is 0. The zero-order chi connectivity index (χ0) is 12.0. The number of carbonyl (C=O) groups is 2. The van der Waals surface area contributed by atoms with E-state index in [4.69, 9.17) is 9.29 Å². The predicted molar refractivity (Wildman–Crippen MR) is 60.3 cm³/mol. The van der Waals surface area contributed by atoms with E-state index in [-0.39, 0.29) is 23.1 Å². The molecule has 0 saturated carbocycles. The molecule has 6 heteroatoms. The van der Waals surface area contributed by atoms with Gasteiger partial charge in [0.25, 0.3) is 0 Å². The molecule has 1 amide bonds. The minimum absolute atomic E-state index is 0.0952. The lowest BCUT2D eigenvalue weighted by molar-refractivity contribution is -0.118. The normalized spacial score (nSPS) is 9.56. The van der Waals surface area contributed by atoms with Crippen LogP contribution in [-0.4, -0.2) is 22.9 Å². The summed E-state index contributed by atoms with van der Waals surface area (Å²) in [6, 6.07) is 6.32. The van der Waals surface area contributed by atoms with E-state index in [0.717, 1.165) is 12.0 Å². The van der Waals surface area contributed by atoms with Crippen molar-refractivity contribution >= 4 is 23.9 Å². The number of carboxylic acid groups (broad SMARTS) is 1. The zero-order valence-electron chi connectivity index (χ0n) is 8.60. The summed E-state index contributed by atoms with van der Waals surface area (Å²) >= 11 is 0.971. The maximum atomic E-state index is 10.8. The van der Waals surface area contributed by atoms with E-state index in [1.807, 2.05) is 0 Å². The van der Waals surface area contributed by atoms with Crippen LogP contribution in [0.1, 0.15) is 17.3 Å². The molecule has 0 spiro atoms. The van der Waals surface area contributed by atoms with E-state index in [1.54, 1.807) is 18.2 Å². The summed E-state index contributed by atoms with van der Waals surface area (Å²) in [7, 11) is 0. The molecule has 16 heavy (non-hydrogen) atoms. The Bertz CT molecular complexity index is 394. The van der Waals surface area contributed by atoms with Gasteiger partial charge in [-0.15, -0.1) is 0 Å². The molecule has 0 aromatic heterocycles. The summed E-state index contributed by atoms with van der Waals surface area (Å²) < 4.78 is 5.17. The number of hydrogen-bond donors (Lipinski definition) is 2. The molecule has 0 bridgehead atoms. The molecule has 86 valence electrons. The number of hydrogen-bond acceptors (Lipinski definition) is 4. The summed E-state index contributed by atoms with van der Waals surface area (Å²) in [5.74, 6) is -0.674. The van der Waals surface area contributed by atoms with Gasteiger partial charge in [0.05, 0.1) is 12.0 Å². The number of aromatic carboxylic acids is 1. The Morgan fingerprint density at radius 2 is 2.12 bits per heavy atom. The molecule has 0 aliphatic heterocycles. The van der Waals surface area contributed by atoms with Gasteiger partial charge in [-0.05, 0) is 12.1 Å². The highest BCUT2D eigenvalue weighted by Crippen LogP contribution is 2.21. The molecule has 1 rings (SSSR count). The topological polar surface area (TPSA) is 75.6 Å². The van der Waals surface area contributed by atoms with Crippen LogP contribution >= 0.6 is 12.0 Å². The summed E-state index contributed by atoms with van der Waals surface area (Å²) in [4.78, 5) is 21.4. The molecule has 0 saturated heterocycles. The van der Waals surface area contributed by atoms with Crippen molar-refractivity contribution in [3.63, 3.8) is 0 Å². The van der Waals surface area contributed by atoms with Crippen LogP contribution in [0.25, 0.3) is 0 Å². The van der Waals surface area contributed by atoms with Crippen LogP contribution in [-0.2, 0) is 4.79 Å². The van der Waals surface area contributed by atoms with Crippen molar-refractivity contribution < 1.29 is 18.9 Å². The van der Waals surface area contributed by atoms with Crippen LogP contribution in [0.4, 0.5) is 0 Å². The van der Waals surface area contributed by atoms with Crippen LogP contribution in [0.2, 0.25) is 0 Å². The van der Waals surface area contributed by atoms with Gasteiger partial charge in [0, 0.05) is 6.92 Å². The van der Waals surface area contributed by atoms with E-state index >= 15 is 0 Å². The summed E-state index contributed by atoms with van der Waals surface area (Å²) in [5.41, 5.74) is 0.0952. The molecule has 0 heterocycles. The summed E-state index contributed by atoms with van der Waals surface area (Å²) in [6.45, 7) is 1.39. The molecule has 0 atom stereocenters. The van der Waals surface area contributed by atoms with E-state index in [2.05, 4.69) is 5.32 Å². The molecule has 0 unspecified atom stereocenters. The highest BCUT2D eigenvalue weighted by molar-refractivity contribution is 7.94. The van der Waals surface area contributed by atoms with E-state index in [0.29, 0.717) is 0 Å². The highest BCUT2D eigenvalue weighted by Gasteiger charge is 2.10. The lowest BCUT2D eigenvalue weighted by atomic mass is 10.2. The van der Waals surface area contributed by atoms with Crippen LogP contribution in [0.15, 0.2) is 24.3 Å². The van der Waals surface area contributed by atoms with Crippen molar-refractivity contribution in [3.8, 4) is 5.75 Å².